The van der Waals surface area contributed by atoms with Crippen molar-refractivity contribution in [3.63, 3.8) is 0 Å². The molecule has 0 aliphatic heterocycles. The maximum Gasteiger partial charge on any atom is 0.119 e. The lowest BCUT2D eigenvalue weighted by Crippen LogP contribution is -2.00. The summed E-state index contributed by atoms with van der Waals surface area (Å²) in [4.78, 5) is 0. The van der Waals surface area contributed by atoms with Crippen molar-refractivity contribution < 1.29 is 4.74 Å². The first kappa shape index (κ1) is 8.08. The van der Waals surface area contributed by atoms with Gasteiger partial charge in [0.15, 0.2) is 0 Å². The Morgan fingerprint density at radius 1 is 1.36 bits per heavy atom. The van der Waals surface area contributed by atoms with Crippen LogP contribution in [0.5, 0.6) is 5.75 Å². The second-order valence-corrected chi connectivity index (χ2v) is 3.57. The van der Waals surface area contributed by atoms with Crippen LogP contribution in [0, 0.1) is 0 Å². The van der Waals surface area contributed by atoms with E-state index in [9.17, 15) is 0 Å². The van der Waals surface area contributed by atoms with E-state index in [1.54, 1.807) is 6.08 Å². The van der Waals surface area contributed by atoms with Crippen LogP contribution in [0.15, 0.2) is 36.9 Å². The first-order valence-corrected chi connectivity index (χ1v) is 4.63. The van der Waals surface area contributed by atoms with E-state index in [4.69, 9.17) is 4.74 Å². The van der Waals surface area contributed by atoms with Gasteiger partial charge in [-0.3, -0.25) is 0 Å². The molecule has 0 heterocycles. The molecular weight excluding hydrogens is 152 g/mol. The Hall–Kier alpha value is -1.02. The van der Waals surface area contributed by atoms with Gasteiger partial charge in [-0.2, -0.15) is 0 Å². The van der Waals surface area contributed by atoms with E-state index >= 15 is 0 Å². The maximum atomic E-state index is 5.31. The Morgan fingerprint density at radius 2 is 2.00 bits per heavy atom. The summed E-state index contributed by atoms with van der Waals surface area (Å²) < 4.78 is 5.31. The molecule has 1 nitrogen and oxygen atoms in total. The SMILES string of the molecule is C=CCOc1ccc([SiH3])cc1. The predicted molar refractivity (Wildman–Crippen MR) is 51.7 cm³/mol. The second kappa shape index (κ2) is 3.98. The molecule has 1 rings (SSSR count). The third-order valence-electron chi connectivity index (χ3n) is 1.39. The number of hydrogen-bond acceptors (Lipinski definition) is 1. The van der Waals surface area contributed by atoms with Crippen LogP contribution in [0.1, 0.15) is 0 Å². The highest BCUT2D eigenvalue weighted by Crippen LogP contribution is 2.06. The van der Waals surface area contributed by atoms with Crippen molar-refractivity contribution in [2.24, 2.45) is 0 Å². The molecule has 0 unspecified atom stereocenters. The minimum absolute atomic E-state index is 0.584. The molecule has 0 aromatic heterocycles. The van der Waals surface area contributed by atoms with Crippen molar-refractivity contribution >= 4 is 15.4 Å². The lowest BCUT2D eigenvalue weighted by Gasteiger charge is -2.01. The summed E-state index contributed by atoms with van der Waals surface area (Å²) >= 11 is 0. The Bertz CT molecular complexity index is 228. The van der Waals surface area contributed by atoms with Crippen molar-refractivity contribution in [2.45, 2.75) is 0 Å². The zero-order valence-electron chi connectivity index (χ0n) is 6.71. The Morgan fingerprint density at radius 3 is 2.55 bits per heavy atom. The fourth-order valence-electron chi connectivity index (χ4n) is 0.790. The van der Waals surface area contributed by atoms with Gasteiger partial charge >= 0.3 is 0 Å². The quantitative estimate of drug-likeness (QED) is 0.459. The van der Waals surface area contributed by atoms with Gasteiger partial charge in [-0.1, -0.05) is 30.0 Å². The van der Waals surface area contributed by atoms with Gasteiger partial charge in [0.1, 0.15) is 12.4 Å². The number of benzene rings is 1. The minimum Gasteiger partial charge on any atom is -0.490 e. The van der Waals surface area contributed by atoms with Crippen LogP contribution in [-0.4, -0.2) is 16.8 Å². The van der Waals surface area contributed by atoms with Crippen molar-refractivity contribution in [2.75, 3.05) is 6.61 Å². The summed E-state index contributed by atoms with van der Waals surface area (Å²) in [6.07, 6.45) is 1.74. The highest BCUT2D eigenvalue weighted by atomic mass is 28.1. The zero-order chi connectivity index (χ0) is 8.10. The minimum atomic E-state index is 0.584. The van der Waals surface area contributed by atoms with Crippen LogP contribution < -0.4 is 9.92 Å². The van der Waals surface area contributed by atoms with E-state index < -0.39 is 0 Å². The van der Waals surface area contributed by atoms with Gasteiger partial charge in [-0.25, -0.2) is 0 Å². The van der Waals surface area contributed by atoms with Gasteiger partial charge in [-0.15, -0.1) is 0 Å². The summed E-state index contributed by atoms with van der Waals surface area (Å²) in [5.74, 6) is 0.921. The highest BCUT2D eigenvalue weighted by Gasteiger charge is 1.88. The molecule has 1 aromatic rings. The molecule has 0 aliphatic rings. The van der Waals surface area contributed by atoms with E-state index in [1.165, 1.54) is 5.19 Å². The molecule has 0 amide bonds. The molecular formula is C9H12OSi. The van der Waals surface area contributed by atoms with Crippen LogP contribution in [0.3, 0.4) is 0 Å². The lowest BCUT2D eigenvalue weighted by molar-refractivity contribution is 0.363. The summed E-state index contributed by atoms with van der Waals surface area (Å²) in [6, 6.07) is 8.16. The molecule has 2 heteroatoms. The molecule has 0 saturated carbocycles. The topological polar surface area (TPSA) is 9.23 Å². The van der Waals surface area contributed by atoms with Crippen LogP contribution in [0.2, 0.25) is 0 Å². The zero-order valence-corrected chi connectivity index (χ0v) is 8.71. The first-order valence-electron chi connectivity index (χ1n) is 3.63. The number of rotatable bonds is 3. The van der Waals surface area contributed by atoms with Gasteiger partial charge in [-0.05, 0) is 12.1 Å². The maximum absolute atomic E-state index is 5.31. The fourth-order valence-corrected chi connectivity index (χ4v) is 1.12. The van der Waals surface area contributed by atoms with Gasteiger partial charge in [0.25, 0.3) is 0 Å². The van der Waals surface area contributed by atoms with E-state index in [1.807, 2.05) is 12.1 Å². The normalized spacial score (nSPS) is 9.45. The van der Waals surface area contributed by atoms with Gasteiger partial charge in [0, 0.05) is 10.2 Å². The molecule has 0 fully saturated rings. The van der Waals surface area contributed by atoms with E-state index in [0.717, 1.165) is 16.0 Å². The third kappa shape index (κ3) is 2.59. The average molecular weight is 164 g/mol. The summed E-state index contributed by atoms with van der Waals surface area (Å²) in [6.45, 7) is 4.16. The third-order valence-corrected chi connectivity index (χ3v) is 2.06. The molecule has 11 heavy (non-hydrogen) atoms. The molecule has 0 atom stereocenters. The fraction of sp³-hybridized carbons (Fsp3) is 0.111. The monoisotopic (exact) mass is 164 g/mol. The van der Waals surface area contributed by atoms with Crippen LogP contribution in [-0.2, 0) is 0 Å². The highest BCUT2D eigenvalue weighted by molar-refractivity contribution is 6.32. The summed E-state index contributed by atoms with van der Waals surface area (Å²) in [5, 5.41) is 1.39. The molecule has 0 radical (unpaired) electrons. The lowest BCUT2D eigenvalue weighted by atomic mass is 10.3. The van der Waals surface area contributed by atoms with Crippen LogP contribution in [0.4, 0.5) is 0 Å². The second-order valence-electron chi connectivity index (χ2n) is 2.41. The molecule has 0 spiro atoms. The largest absolute Gasteiger partial charge is 0.490 e. The van der Waals surface area contributed by atoms with Crippen molar-refractivity contribution in [3.05, 3.63) is 36.9 Å². The van der Waals surface area contributed by atoms with E-state index in [-0.39, 0.29) is 0 Å². The molecule has 1 aromatic carbocycles. The van der Waals surface area contributed by atoms with Crippen LogP contribution >= 0.6 is 0 Å². The van der Waals surface area contributed by atoms with Crippen LogP contribution in [0.25, 0.3) is 0 Å². The van der Waals surface area contributed by atoms with Gasteiger partial charge in [0.05, 0.1) is 0 Å². The summed E-state index contributed by atoms with van der Waals surface area (Å²) in [7, 11) is 1.10. The van der Waals surface area contributed by atoms with Gasteiger partial charge < -0.3 is 4.74 Å². The van der Waals surface area contributed by atoms with Crippen molar-refractivity contribution in [1.82, 2.24) is 0 Å². The standard InChI is InChI=1S/C9H12OSi/c1-2-7-10-8-3-5-9(11)6-4-8/h2-6H,1,7H2,11H3. The molecule has 0 aliphatic carbocycles. The molecule has 0 bridgehead atoms. The van der Waals surface area contributed by atoms with E-state index in [2.05, 4.69) is 18.7 Å². The Balaban J connectivity index is 2.58. The van der Waals surface area contributed by atoms with Gasteiger partial charge in [0.2, 0.25) is 0 Å². The number of hydrogen-bond donors (Lipinski definition) is 0. The average Bonchev–Trinajstić information content (AvgIpc) is 2.04. The molecule has 0 saturated heterocycles. The molecule has 0 N–H and O–H groups in total. The summed E-state index contributed by atoms with van der Waals surface area (Å²) in [5.41, 5.74) is 0. The Labute approximate surface area is 70.1 Å². The van der Waals surface area contributed by atoms with E-state index in [0.29, 0.717) is 6.61 Å². The predicted octanol–water partition coefficient (Wildman–Crippen LogP) is 0.242. The smallest absolute Gasteiger partial charge is 0.119 e. The first-order chi connectivity index (χ1) is 5.33. The van der Waals surface area contributed by atoms with Crippen molar-refractivity contribution in [1.29, 1.82) is 0 Å². The van der Waals surface area contributed by atoms with Crippen molar-refractivity contribution in [3.8, 4) is 5.75 Å². The molecule has 58 valence electrons. The Kier molecular flexibility index (Phi) is 2.92. The number of ether oxygens (including phenoxy) is 1.